The fourth-order valence-corrected chi connectivity index (χ4v) is 4.03. The summed E-state index contributed by atoms with van der Waals surface area (Å²) in [4.78, 5) is 24.3. The Morgan fingerprint density at radius 1 is 1.20 bits per heavy atom. The number of rotatable bonds is 4. The molecule has 2 aliphatic rings. The molecule has 0 bridgehead atoms. The highest BCUT2D eigenvalue weighted by atomic mass is 16.6. The molecule has 134 valence electrons. The highest BCUT2D eigenvalue weighted by Gasteiger charge is 2.50. The Morgan fingerprint density at radius 3 is 2.44 bits per heavy atom. The number of hydrogen-bond donors (Lipinski definition) is 2. The van der Waals surface area contributed by atoms with Gasteiger partial charge in [-0.15, -0.1) is 0 Å². The van der Waals surface area contributed by atoms with Crippen molar-refractivity contribution in [2.45, 2.75) is 57.6 Å². The fraction of sp³-hybridized carbons (Fsp3) is 0.500. The van der Waals surface area contributed by atoms with E-state index in [-0.39, 0.29) is 17.6 Å². The minimum Gasteiger partial charge on any atom is -0.507 e. The third-order valence-electron chi connectivity index (χ3n) is 5.33. The molecule has 1 fully saturated rings. The van der Waals surface area contributed by atoms with E-state index in [0.29, 0.717) is 18.4 Å². The van der Waals surface area contributed by atoms with Crippen molar-refractivity contribution >= 4 is 11.9 Å². The summed E-state index contributed by atoms with van der Waals surface area (Å²) in [6, 6.07) is 9.09. The number of hydrogen-bond acceptors (Lipinski definition) is 4. The second-order valence-electron chi connectivity index (χ2n) is 7.08. The summed E-state index contributed by atoms with van der Waals surface area (Å²) >= 11 is 0. The van der Waals surface area contributed by atoms with Crippen molar-refractivity contribution < 1.29 is 19.4 Å². The second-order valence-corrected chi connectivity index (χ2v) is 7.08. The topological polar surface area (TPSA) is 75.6 Å². The Morgan fingerprint density at radius 2 is 1.84 bits per heavy atom. The van der Waals surface area contributed by atoms with Gasteiger partial charge in [0.25, 0.3) is 0 Å². The van der Waals surface area contributed by atoms with Crippen LogP contribution in [0.3, 0.4) is 0 Å². The zero-order chi connectivity index (χ0) is 18.0. The van der Waals surface area contributed by atoms with Crippen molar-refractivity contribution in [3.8, 4) is 0 Å². The SMILES string of the molecule is CC(=O)N[C@@H](c1ccccc1)[C@H](C)C1=C(O)C2(CCCCC2)OC1=O. The Kier molecular flexibility index (Phi) is 4.84. The molecule has 25 heavy (non-hydrogen) atoms. The van der Waals surface area contributed by atoms with Gasteiger partial charge in [-0.25, -0.2) is 4.79 Å². The minimum absolute atomic E-state index is 0.0657. The van der Waals surface area contributed by atoms with Crippen LogP contribution in [0.2, 0.25) is 0 Å². The number of ether oxygens (including phenoxy) is 1. The fourth-order valence-electron chi connectivity index (χ4n) is 4.03. The Bertz CT molecular complexity index is 689. The minimum atomic E-state index is -0.851. The highest BCUT2D eigenvalue weighted by molar-refractivity contribution is 5.93. The molecule has 1 saturated carbocycles. The lowest BCUT2D eigenvalue weighted by Gasteiger charge is -2.31. The van der Waals surface area contributed by atoms with Crippen LogP contribution in [0.4, 0.5) is 0 Å². The van der Waals surface area contributed by atoms with Gasteiger partial charge in [0.2, 0.25) is 5.91 Å². The van der Waals surface area contributed by atoms with E-state index in [1.165, 1.54) is 6.92 Å². The van der Waals surface area contributed by atoms with Gasteiger partial charge in [0.1, 0.15) is 5.76 Å². The van der Waals surface area contributed by atoms with Crippen LogP contribution in [0, 0.1) is 5.92 Å². The summed E-state index contributed by atoms with van der Waals surface area (Å²) in [5, 5.41) is 13.8. The molecular weight excluding hydrogens is 318 g/mol. The molecule has 1 aromatic rings. The number of benzene rings is 1. The first-order chi connectivity index (χ1) is 11.9. The summed E-state index contributed by atoms with van der Waals surface area (Å²) in [6.45, 7) is 3.30. The molecule has 1 amide bonds. The van der Waals surface area contributed by atoms with Crippen molar-refractivity contribution in [2.24, 2.45) is 5.92 Å². The predicted molar refractivity (Wildman–Crippen MR) is 93.7 cm³/mol. The maximum absolute atomic E-state index is 12.6. The lowest BCUT2D eigenvalue weighted by molar-refractivity contribution is -0.151. The van der Waals surface area contributed by atoms with Crippen LogP contribution in [0.25, 0.3) is 0 Å². The molecule has 1 aromatic carbocycles. The molecule has 3 rings (SSSR count). The van der Waals surface area contributed by atoms with E-state index in [4.69, 9.17) is 4.74 Å². The molecule has 2 N–H and O–H groups in total. The van der Waals surface area contributed by atoms with Gasteiger partial charge in [-0.05, 0) is 31.2 Å². The second kappa shape index (κ2) is 6.90. The number of aliphatic hydroxyl groups is 1. The van der Waals surface area contributed by atoms with E-state index in [2.05, 4.69) is 5.32 Å². The molecular formula is C20H25NO4. The van der Waals surface area contributed by atoms with Gasteiger partial charge in [-0.2, -0.15) is 0 Å². The molecule has 0 radical (unpaired) electrons. The van der Waals surface area contributed by atoms with Gasteiger partial charge in [0.05, 0.1) is 11.6 Å². The van der Waals surface area contributed by atoms with E-state index in [1.54, 1.807) is 0 Å². The van der Waals surface area contributed by atoms with E-state index in [9.17, 15) is 14.7 Å². The molecule has 2 atom stereocenters. The van der Waals surface area contributed by atoms with Crippen LogP contribution in [0.1, 0.15) is 57.6 Å². The van der Waals surface area contributed by atoms with Gasteiger partial charge in [-0.1, -0.05) is 43.7 Å². The zero-order valence-corrected chi connectivity index (χ0v) is 14.7. The van der Waals surface area contributed by atoms with Crippen LogP contribution in [-0.2, 0) is 14.3 Å². The lowest BCUT2D eigenvalue weighted by Crippen LogP contribution is -2.34. The maximum Gasteiger partial charge on any atom is 0.338 e. The smallest absolute Gasteiger partial charge is 0.338 e. The largest absolute Gasteiger partial charge is 0.507 e. The maximum atomic E-state index is 12.6. The Hall–Kier alpha value is -2.30. The number of amides is 1. The van der Waals surface area contributed by atoms with Crippen molar-refractivity contribution in [1.82, 2.24) is 5.32 Å². The van der Waals surface area contributed by atoms with Crippen molar-refractivity contribution in [3.63, 3.8) is 0 Å². The van der Waals surface area contributed by atoms with Gasteiger partial charge in [-0.3, -0.25) is 4.79 Å². The molecule has 5 nitrogen and oxygen atoms in total. The summed E-state index contributed by atoms with van der Waals surface area (Å²) in [7, 11) is 0. The molecule has 0 saturated heterocycles. The van der Waals surface area contributed by atoms with E-state index in [0.717, 1.165) is 24.8 Å². The third kappa shape index (κ3) is 3.28. The normalized spacial score (nSPS) is 21.8. The van der Waals surface area contributed by atoms with E-state index in [1.807, 2.05) is 37.3 Å². The monoisotopic (exact) mass is 343 g/mol. The summed E-state index contributed by atoms with van der Waals surface area (Å²) in [5.74, 6) is -0.964. The van der Waals surface area contributed by atoms with E-state index >= 15 is 0 Å². The average Bonchev–Trinajstić information content (AvgIpc) is 2.83. The standard InChI is InChI=1S/C20H25NO4/c1-13(17(21-14(2)22)15-9-5-3-6-10-15)16-18(23)20(25-19(16)24)11-7-4-8-12-20/h3,5-6,9-10,13,17,23H,4,7-8,11-12H2,1-2H3,(H,21,22)/t13-,17-/m1/s1. The van der Waals surface area contributed by atoms with Gasteiger partial charge >= 0.3 is 5.97 Å². The number of nitrogens with one attached hydrogen (secondary N) is 1. The highest BCUT2D eigenvalue weighted by Crippen LogP contribution is 2.46. The van der Waals surface area contributed by atoms with Crippen LogP contribution < -0.4 is 5.32 Å². The number of carbonyl (C=O) groups excluding carboxylic acids is 2. The first-order valence-corrected chi connectivity index (χ1v) is 8.93. The number of aliphatic hydroxyl groups excluding tert-OH is 1. The quantitative estimate of drug-likeness (QED) is 0.820. The first-order valence-electron chi connectivity index (χ1n) is 8.93. The van der Waals surface area contributed by atoms with E-state index < -0.39 is 17.6 Å². The summed E-state index contributed by atoms with van der Waals surface area (Å²) < 4.78 is 5.65. The van der Waals surface area contributed by atoms with Crippen LogP contribution >= 0.6 is 0 Å². The molecule has 1 heterocycles. The summed E-state index contributed by atoms with van der Waals surface area (Å²) in [6.07, 6.45) is 4.30. The average molecular weight is 343 g/mol. The molecule has 1 aliphatic heterocycles. The number of esters is 1. The van der Waals surface area contributed by atoms with Crippen LogP contribution in [0.5, 0.6) is 0 Å². The predicted octanol–water partition coefficient (Wildman–Crippen LogP) is 3.57. The van der Waals surface area contributed by atoms with Crippen molar-refractivity contribution in [3.05, 3.63) is 47.2 Å². The molecule has 5 heteroatoms. The van der Waals surface area contributed by atoms with Gasteiger partial charge in [0.15, 0.2) is 5.60 Å². The molecule has 1 spiro atoms. The van der Waals surface area contributed by atoms with Crippen LogP contribution in [0.15, 0.2) is 41.7 Å². The number of carbonyl (C=O) groups is 2. The first kappa shape index (κ1) is 17.5. The molecule has 0 unspecified atom stereocenters. The summed E-state index contributed by atoms with van der Waals surface area (Å²) in [5.41, 5.74) is 0.337. The van der Waals surface area contributed by atoms with Crippen LogP contribution in [-0.4, -0.2) is 22.6 Å². The van der Waals surface area contributed by atoms with Crippen molar-refractivity contribution in [1.29, 1.82) is 0 Å². The Labute approximate surface area is 148 Å². The van der Waals surface area contributed by atoms with Gasteiger partial charge < -0.3 is 15.2 Å². The molecule has 0 aromatic heterocycles. The van der Waals surface area contributed by atoms with Crippen molar-refractivity contribution in [2.75, 3.05) is 0 Å². The zero-order valence-electron chi connectivity index (χ0n) is 14.7. The Balaban J connectivity index is 1.97. The van der Waals surface area contributed by atoms with Gasteiger partial charge in [0, 0.05) is 12.8 Å². The lowest BCUT2D eigenvalue weighted by atomic mass is 9.80. The molecule has 1 aliphatic carbocycles. The third-order valence-corrected chi connectivity index (χ3v) is 5.33.